The summed E-state index contributed by atoms with van der Waals surface area (Å²) in [5.74, 6) is 0. The fourth-order valence-electron chi connectivity index (χ4n) is 2.10. The van der Waals surface area contributed by atoms with Gasteiger partial charge in [0.05, 0.1) is 0 Å². The van der Waals surface area contributed by atoms with Crippen LogP contribution >= 0.6 is 11.3 Å². The monoisotopic (exact) mass is 276 g/mol. The quantitative estimate of drug-likeness (QED) is 0.565. The van der Waals surface area contributed by atoms with Crippen molar-refractivity contribution in [1.29, 1.82) is 0 Å². The van der Waals surface area contributed by atoms with E-state index in [4.69, 9.17) is 4.74 Å². The molecule has 19 heavy (non-hydrogen) atoms. The molecule has 0 saturated carbocycles. The summed E-state index contributed by atoms with van der Waals surface area (Å²) >= 11 is 1.67. The lowest BCUT2D eigenvalue weighted by atomic mass is 9.88. The Labute approximate surface area is 121 Å². The largest absolute Gasteiger partial charge is 0.473 e. The van der Waals surface area contributed by atoms with E-state index in [1.54, 1.807) is 11.3 Å². The molecule has 1 aromatic heterocycles. The van der Waals surface area contributed by atoms with Crippen molar-refractivity contribution in [2.24, 2.45) is 0 Å². The Bertz CT molecular complexity index is 511. The summed E-state index contributed by atoms with van der Waals surface area (Å²) < 4.78 is 6.00. The average molecular weight is 276 g/mol. The standard InChI is InChI=1S/C13H12OS.2C2H6/c1-13(2)11-6-4-3-5-9(11)10-7-8-15-12(10)14-13;2*1-2/h3-8H,1-2H3;2*1-2H3. The van der Waals surface area contributed by atoms with Gasteiger partial charge in [0, 0.05) is 11.1 Å². The van der Waals surface area contributed by atoms with Gasteiger partial charge in [0.1, 0.15) is 5.60 Å². The SMILES string of the molecule is CC.CC.CC1(C)Oc2sccc2-c2ccccc21. The van der Waals surface area contributed by atoms with E-state index in [1.807, 2.05) is 27.7 Å². The molecule has 0 bridgehead atoms. The van der Waals surface area contributed by atoms with Gasteiger partial charge >= 0.3 is 0 Å². The van der Waals surface area contributed by atoms with Crippen LogP contribution in [0.25, 0.3) is 11.1 Å². The van der Waals surface area contributed by atoms with Crippen molar-refractivity contribution in [1.82, 2.24) is 0 Å². The van der Waals surface area contributed by atoms with Crippen LogP contribution in [-0.2, 0) is 5.60 Å². The Hall–Kier alpha value is -1.28. The molecule has 0 amide bonds. The van der Waals surface area contributed by atoms with Crippen LogP contribution in [-0.4, -0.2) is 0 Å². The van der Waals surface area contributed by atoms with Crippen LogP contribution in [0.3, 0.4) is 0 Å². The molecule has 1 nitrogen and oxygen atoms in total. The van der Waals surface area contributed by atoms with Crippen LogP contribution in [0.1, 0.15) is 47.1 Å². The molecule has 0 radical (unpaired) electrons. The molecule has 0 spiro atoms. The van der Waals surface area contributed by atoms with Crippen molar-refractivity contribution in [2.45, 2.75) is 47.1 Å². The van der Waals surface area contributed by atoms with E-state index in [0.717, 1.165) is 5.06 Å². The molecule has 0 saturated heterocycles. The second kappa shape index (κ2) is 6.76. The highest BCUT2D eigenvalue weighted by Crippen LogP contribution is 2.47. The van der Waals surface area contributed by atoms with E-state index in [0.29, 0.717) is 0 Å². The minimum atomic E-state index is -0.214. The van der Waals surface area contributed by atoms with Crippen molar-refractivity contribution in [3.05, 3.63) is 41.3 Å². The molecule has 1 aliphatic rings. The molecule has 104 valence electrons. The van der Waals surface area contributed by atoms with Crippen molar-refractivity contribution < 1.29 is 4.74 Å². The zero-order valence-electron chi connectivity index (χ0n) is 12.8. The number of rotatable bonds is 0. The van der Waals surface area contributed by atoms with Gasteiger partial charge in [0.15, 0.2) is 5.06 Å². The number of hydrogen-bond donors (Lipinski definition) is 0. The average Bonchev–Trinajstić information content (AvgIpc) is 2.91. The van der Waals surface area contributed by atoms with Crippen molar-refractivity contribution >= 4 is 11.3 Å². The second-order valence-corrected chi connectivity index (χ2v) is 5.16. The van der Waals surface area contributed by atoms with Crippen molar-refractivity contribution in [3.63, 3.8) is 0 Å². The first-order valence-corrected chi connectivity index (χ1v) is 7.93. The first-order valence-electron chi connectivity index (χ1n) is 7.05. The summed E-state index contributed by atoms with van der Waals surface area (Å²) in [6.45, 7) is 12.2. The topological polar surface area (TPSA) is 9.23 Å². The van der Waals surface area contributed by atoms with Crippen LogP contribution in [0.15, 0.2) is 35.7 Å². The van der Waals surface area contributed by atoms with Crippen LogP contribution in [0.2, 0.25) is 0 Å². The third kappa shape index (κ3) is 3.01. The van der Waals surface area contributed by atoms with Gasteiger partial charge in [-0.15, -0.1) is 11.3 Å². The fourth-order valence-corrected chi connectivity index (χ4v) is 2.99. The Balaban J connectivity index is 0.000000415. The lowest BCUT2D eigenvalue weighted by Crippen LogP contribution is -2.28. The molecular formula is C17H24OS. The molecule has 1 aliphatic heterocycles. The summed E-state index contributed by atoms with van der Waals surface area (Å²) in [7, 11) is 0. The highest BCUT2D eigenvalue weighted by atomic mass is 32.1. The molecule has 2 heterocycles. The van der Waals surface area contributed by atoms with Crippen LogP contribution < -0.4 is 4.74 Å². The Kier molecular flexibility index (Phi) is 5.61. The molecule has 1 aromatic carbocycles. The lowest BCUT2D eigenvalue weighted by molar-refractivity contribution is 0.111. The highest BCUT2D eigenvalue weighted by Gasteiger charge is 2.32. The van der Waals surface area contributed by atoms with E-state index in [2.05, 4.69) is 49.6 Å². The minimum Gasteiger partial charge on any atom is -0.473 e. The van der Waals surface area contributed by atoms with Crippen molar-refractivity contribution in [2.75, 3.05) is 0 Å². The maximum atomic E-state index is 6.00. The number of ether oxygens (including phenoxy) is 1. The van der Waals surface area contributed by atoms with Gasteiger partial charge in [-0.2, -0.15) is 0 Å². The van der Waals surface area contributed by atoms with Crippen LogP contribution in [0, 0.1) is 0 Å². The molecule has 0 unspecified atom stereocenters. The van der Waals surface area contributed by atoms with Crippen LogP contribution in [0.5, 0.6) is 5.06 Å². The maximum Gasteiger partial charge on any atom is 0.182 e. The van der Waals surface area contributed by atoms with Gasteiger partial charge in [0.2, 0.25) is 0 Å². The summed E-state index contributed by atoms with van der Waals surface area (Å²) in [6, 6.07) is 10.6. The van der Waals surface area contributed by atoms with Crippen molar-refractivity contribution in [3.8, 4) is 16.2 Å². The van der Waals surface area contributed by atoms with Gasteiger partial charge in [-0.3, -0.25) is 0 Å². The lowest BCUT2D eigenvalue weighted by Gasteiger charge is -2.33. The predicted octanol–water partition coefficient (Wildman–Crippen LogP) is 6.10. The summed E-state index contributed by atoms with van der Waals surface area (Å²) in [6.07, 6.45) is 0. The molecule has 2 aromatic rings. The first-order chi connectivity index (χ1) is 9.18. The van der Waals surface area contributed by atoms with Gasteiger partial charge in [-0.05, 0) is 30.9 Å². The Morgan fingerprint density at radius 2 is 1.53 bits per heavy atom. The van der Waals surface area contributed by atoms with Gasteiger partial charge < -0.3 is 4.74 Å². The van der Waals surface area contributed by atoms with E-state index in [9.17, 15) is 0 Å². The molecule has 3 rings (SSSR count). The van der Waals surface area contributed by atoms with Gasteiger partial charge in [0.25, 0.3) is 0 Å². The number of benzene rings is 1. The number of hydrogen-bond acceptors (Lipinski definition) is 2. The molecule has 0 fully saturated rings. The summed E-state index contributed by atoms with van der Waals surface area (Å²) in [4.78, 5) is 0. The normalized spacial score (nSPS) is 13.6. The smallest absolute Gasteiger partial charge is 0.182 e. The maximum absolute atomic E-state index is 6.00. The third-order valence-electron chi connectivity index (χ3n) is 2.84. The third-order valence-corrected chi connectivity index (χ3v) is 3.63. The molecule has 0 aliphatic carbocycles. The second-order valence-electron chi connectivity index (χ2n) is 4.28. The van der Waals surface area contributed by atoms with E-state index in [1.165, 1.54) is 16.7 Å². The number of thiophene rings is 1. The van der Waals surface area contributed by atoms with Crippen LogP contribution in [0.4, 0.5) is 0 Å². The summed E-state index contributed by atoms with van der Waals surface area (Å²) in [5.41, 5.74) is 3.60. The fraction of sp³-hybridized carbons (Fsp3) is 0.412. The highest BCUT2D eigenvalue weighted by molar-refractivity contribution is 7.12. The summed E-state index contributed by atoms with van der Waals surface area (Å²) in [5, 5.41) is 3.13. The Morgan fingerprint density at radius 1 is 0.895 bits per heavy atom. The van der Waals surface area contributed by atoms with E-state index >= 15 is 0 Å². The first kappa shape index (κ1) is 15.8. The van der Waals surface area contributed by atoms with Gasteiger partial charge in [-0.25, -0.2) is 0 Å². The Morgan fingerprint density at radius 3 is 2.21 bits per heavy atom. The minimum absolute atomic E-state index is 0.214. The molecule has 0 N–H and O–H groups in total. The van der Waals surface area contributed by atoms with E-state index < -0.39 is 0 Å². The predicted molar refractivity (Wildman–Crippen MR) is 86.1 cm³/mol. The zero-order valence-corrected chi connectivity index (χ0v) is 13.6. The number of fused-ring (bicyclic) bond motifs is 3. The molecule has 2 heteroatoms. The van der Waals surface area contributed by atoms with Gasteiger partial charge in [-0.1, -0.05) is 52.0 Å². The zero-order chi connectivity index (χ0) is 14.5. The van der Waals surface area contributed by atoms with E-state index in [-0.39, 0.29) is 5.60 Å². The molecule has 0 atom stereocenters. The molecular weight excluding hydrogens is 252 g/mol.